The lowest BCUT2D eigenvalue weighted by Gasteiger charge is -2.02. The maximum absolute atomic E-state index is 12.4. The molecule has 0 bridgehead atoms. The summed E-state index contributed by atoms with van der Waals surface area (Å²) >= 11 is 9.21. The number of fused-ring (bicyclic) bond motifs is 3. The first-order valence-corrected chi connectivity index (χ1v) is 9.30. The van der Waals surface area contributed by atoms with Gasteiger partial charge in [0.05, 0.1) is 11.1 Å². The average Bonchev–Trinajstić information content (AvgIpc) is 3.06. The van der Waals surface area contributed by atoms with E-state index in [1.165, 1.54) is 10.4 Å². The summed E-state index contributed by atoms with van der Waals surface area (Å²) in [6.45, 7) is 0. The Hall–Kier alpha value is -1.30. The van der Waals surface area contributed by atoms with Crippen molar-refractivity contribution in [2.75, 3.05) is 0 Å². The number of nitrogens with zero attached hydrogens (tertiary/aromatic N) is 1. The smallest absolute Gasteiger partial charge is 0.259 e. The second-order valence-electron chi connectivity index (χ2n) is 5.29. The molecule has 6 heteroatoms. The highest BCUT2D eigenvalue weighted by molar-refractivity contribution is 7.98. The maximum Gasteiger partial charge on any atom is 0.259 e. The molecule has 0 aliphatic heterocycles. The monoisotopic (exact) mass is 348 g/mol. The van der Waals surface area contributed by atoms with Gasteiger partial charge in [0.15, 0.2) is 0 Å². The van der Waals surface area contributed by atoms with Gasteiger partial charge in [0.1, 0.15) is 10.7 Å². The number of thioether (sulfide) groups is 1. The Bertz CT molecular complexity index is 899. The van der Waals surface area contributed by atoms with E-state index in [0.717, 1.165) is 45.2 Å². The van der Waals surface area contributed by atoms with Crippen LogP contribution in [0.1, 0.15) is 22.7 Å². The van der Waals surface area contributed by atoms with Crippen molar-refractivity contribution in [3.63, 3.8) is 0 Å². The molecule has 4 rings (SSSR count). The predicted octanol–water partition coefficient (Wildman–Crippen LogP) is 4.42. The van der Waals surface area contributed by atoms with Crippen LogP contribution in [0, 0.1) is 0 Å². The molecule has 0 unspecified atom stereocenters. The minimum Gasteiger partial charge on any atom is -0.309 e. The summed E-state index contributed by atoms with van der Waals surface area (Å²) in [6.07, 6.45) is 3.26. The third kappa shape index (κ3) is 2.57. The highest BCUT2D eigenvalue weighted by atomic mass is 35.5. The second kappa shape index (κ2) is 5.72. The number of rotatable bonds is 3. The summed E-state index contributed by atoms with van der Waals surface area (Å²) in [6, 6.07) is 7.69. The topological polar surface area (TPSA) is 45.8 Å². The van der Waals surface area contributed by atoms with Gasteiger partial charge in [0.25, 0.3) is 5.56 Å². The van der Waals surface area contributed by atoms with E-state index in [1.807, 2.05) is 24.3 Å². The van der Waals surface area contributed by atoms with Crippen LogP contribution in [0.5, 0.6) is 0 Å². The molecule has 0 radical (unpaired) electrons. The molecule has 3 aromatic rings. The SMILES string of the molecule is O=c1[nH]c(CSc2ccc(Cl)cc2)nc2sc3c(c12)CCC3. The number of aryl methyl sites for hydroxylation is 2. The molecule has 0 amide bonds. The minimum atomic E-state index is 0.0103. The van der Waals surface area contributed by atoms with Gasteiger partial charge < -0.3 is 4.98 Å². The highest BCUT2D eigenvalue weighted by Gasteiger charge is 2.20. The van der Waals surface area contributed by atoms with Gasteiger partial charge in [-0.1, -0.05) is 11.6 Å². The number of H-pyrrole nitrogens is 1. The third-order valence-electron chi connectivity index (χ3n) is 3.81. The quantitative estimate of drug-likeness (QED) is 0.713. The van der Waals surface area contributed by atoms with Crippen molar-refractivity contribution >= 4 is 44.9 Å². The number of aromatic amines is 1. The average molecular weight is 349 g/mol. The van der Waals surface area contributed by atoms with Crippen molar-refractivity contribution in [1.29, 1.82) is 0 Å². The zero-order chi connectivity index (χ0) is 15.1. The Balaban J connectivity index is 1.63. The van der Waals surface area contributed by atoms with E-state index in [1.54, 1.807) is 23.1 Å². The first-order chi connectivity index (χ1) is 10.7. The van der Waals surface area contributed by atoms with Crippen LogP contribution in [0.25, 0.3) is 10.2 Å². The molecule has 0 spiro atoms. The van der Waals surface area contributed by atoms with E-state index in [2.05, 4.69) is 9.97 Å². The van der Waals surface area contributed by atoms with Crippen molar-refractivity contribution in [2.45, 2.75) is 29.9 Å². The molecule has 3 nitrogen and oxygen atoms in total. The first kappa shape index (κ1) is 14.3. The van der Waals surface area contributed by atoms with Crippen LogP contribution < -0.4 is 5.56 Å². The van der Waals surface area contributed by atoms with Crippen LogP contribution in [-0.4, -0.2) is 9.97 Å². The van der Waals surface area contributed by atoms with Crippen molar-refractivity contribution in [1.82, 2.24) is 9.97 Å². The summed E-state index contributed by atoms with van der Waals surface area (Å²) in [7, 11) is 0. The van der Waals surface area contributed by atoms with E-state index in [4.69, 9.17) is 11.6 Å². The molecule has 0 saturated carbocycles. The zero-order valence-corrected chi connectivity index (χ0v) is 14.1. The van der Waals surface area contributed by atoms with E-state index in [-0.39, 0.29) is 5.56 Å². The number of hydrogen-bond acceptors (Lipinski definition) is 4. The van der Waals surface area contributed by atoms with Gasteiger partial charge in [-0.05, 0) is 49.1 Å². The van der Waals surface area contributed by atoms with Gasteiger partial charge in [-0.25, -0.2) is 4.98 Å². The van der Waals surface area contributed by atoms with Crippen LogP contribution in [0.3, 0.4) is 0 Å². The molecule has 2 heterocycles. The largest absolute Gasteiger partial charge is 0.309 e. The summed E-state index contributed by atoms with van der Waals surface area (Å²) in [5, 5.41) is 1.54. The fourth-order valence-corrected chi connectivity index (χ4v) is 4.97. The standard InChI is InChI=1S/C16H13ClN2OS2/c17-9-4-6-10(7-5-9)21-8-13-18-15(20)14-11-2-1-3-12(11)22-16(14)19-13/h4-7H,1-3,8H2,(H,18,19,20). The fourth-order valence-electron chi connectivity index (χ4n) is 2.80. The lowest BCUT2D eigenvalue weighted by Crippen LogP contribution is -2.11. The third-order valence-corrected chi connectivity index (χ3v) is 6.27. The molecule has 2 aromatic heterocycles. The van der Waals surface area contributed by atoms with Gasteiger partial charge in [0, 0.05) is 14.8 Å². The molecule has 0 atom stereocenters. The van der Waals surface area contributed by atoms with Crippen molar-refractivity contribution in [2.24, 2.45) is 0 Å². The van der Waals surface area contributed by atoms with Crippen LogP contribution >= 0.6 is 34.7 Å². The van der Waals surface area contributed by atoms with E-state index in [9.17, 15) is 4.79 Å². The molecule has 22 heavy (non-hydrogen) atoms. The molecular weight excluding hydrogens is 336 g/mol. The summed E-state index contributed by atoms with van der Waals surface area (Å²) in [4.78, 5) is 23.3. The minimum absolute atomic E-state index is 0.0103. The maximum atomic E-state index is 12.4. The molecule has 112 valence electrons. The summed E-state index contributed by atoms with van der Waals surface area (Å²) in [5.74, 6) is 1.38. The Morgan fingerprint density at radius 1 is 1.27 bits per heavy atom. The van der Waals surface area contributed by atoms with Crippen molar-refractivity contribution in [3.05, 3.63) is 55.9 Å². The van der Waals surface area contributed by atoms with Gasteiger partial charge in [-0.2, -0.15) is 0 Å². The summed E-state index contributed by atoms with van der Waals surface area (Å²) < 4.78 is 0. The van der Waals surface area contributed by atoms with Crippen LogP contribution in [0.4, 0.5) is 0 Å². The van der Waals surface area contributed by atoms with Gasteiger partial charge >= 0.3 is 0 Å². The van der Waals surface area contributed by atoms with Crippen LogP contribution in [-0.2, 0) is 18.6 Å². The Morgan fingerprint density at radius 3 is 2.91 bits per heavy atom. The zero-order valence-electron chi connectivity index (χ0n) is 11.7. The normalized spacial score (nSPS) is 13.7. The molecule has 1 N–H and O–H groups in total. The molecule has 0 saturated heterocycles. The second-order valence-corrected chi connectivity index (χ2v) is 7.86. The lowest BCUT2D eigenvalue weighted by atomic mass is 10.2. The van der Waals surface area contributed by atoms with Crippen LogP contribution in [0.2, 0.25) is 5.02 Å². The Labute approximate surface area is 140 Å². The first-order valence-electron chi connectivity index (χ1n) is 7.12. The number of nitrogens with one attached hydrogen (secondary N) is 1. The molecule has 0 fully saturated rings. The highest BCUT2D eigenvalue weighted by Crippen LogP contribution is 2.34. The lowest BCUT2D eigenvalue weighted by molar-refractivity contribution is 0.916. The number of hydrogen-bond donors (Lipinski definition) is 1. The van der Waals surface area contributed by atoms with Crippen molar-refractivity contribution < 1.29 is 0 Å². The number of thiophene rings is 1. The Kier molecular flexibility index (Phi) is 3.72. The van der Waals surface area contributed by atoms with E-state index in [0.29, 0.717) is 5.75 Å². The number of benzene rings is 1. The number of aromatic nitrogens is 2. The fraction of sp³-hybridized carbons (Fsp3) is 0.250. The van der Waals surface area contributed by atoms with E-state index >= 15 is 0 Å². The summed E-state index contributed by atoms with van der Waals surface area (Å²) in [5.41, 5.74) is 1.24. The van der Waals surface area contributed by atoms with Gasteiger partial charge in [0.2, 0.25) is 0 Å². The molecular formula is C16H13ClN2OS2. The molecule has 1 aliphatic carbocycles. The van der Waals surface area contributed by atoms with Gasteiger partial charge in [-0.3, -0.25) is 4.79 Å². The number of halogens is 1. The van der Waals surface area contributed by atoms with E-state index < -0.39 is 0 Å². The molecule has 1 aromatic carbocycles. The van der Waals surface area contributed by atoms with Crippen molar-refractivity contribution in [3.8, 4) is 0 Å². The van der Waals surface area contributed by atoms with Gasteiger partial charge in [-0.15, -0.1) is 23.1 Å². The Morgan fingerprint density at radius 2 is 2.09 bits per heavy atom. The molecule has 1 aliphatic rings. The van der Waals surface area contributed by atoms with Crippen LogP contribution in [0.15, 0.2) is 34.0 Å². The predicted molar refractivity (Wildman–Crippen MR) is 93.3 cm³/mol.